The minimum absolute atomic E-state index is 0.0195. The monoisotopic (exact) mass is 304 g/mol. The van der Waals surface area contributed by atoms with Crippen molar-refractivity contribution in [2.24, 2.45) is 11.8 Å². The van der Waals surface area contributed by atoms with E-state index in [2.05, 4.69) is 29.6 Å². The minimum Gasteiger partial charge on any atom is -0.348 e. The highest BCUT2D eigenvalue weighted by Gasteiger charge is 2.27. The zero-order valence-corrected chi connectivity index (χ0v) is 13.7. The summed E-state index contributed by atoms with van der Waals surface area (Å²) < 4.78 is 1.95. The molecule has 0 spiro atoms. The first-order chi connectivity index (χ1) is 10.6. The number of carbonyl (C=O) groups is 1. The van der Waals surface area contributed by atoms with Crippen LogP contribution in [-0.4, -0.2) is 34.8 Å². The van der Waals surface area contributed by atoms with E-state index in [1.165, 1.54) is 19.3 Å². The molecular weight excluding hydrogens is 276 g/mol. The van der Waals surface area contributed by atoms with E-state index >= 15 is 0 Å². The molecule has 5 nitrogen and oxygen atoms in total. The standard InChI is InChI=1S/C17H28N4O/c1-12-5-6-15(13(2)10-12)19-17(22)16-7-9-21(20-16)14-4-3-8-18-11-14/h7,9,12-15,18H,3-6,8,10-11H2,1-2H3,(H,19,22). The Morgan fingerprint density at radius 2 is 2.23 bits per heavy atom. The third kappa shape index (κ3) is 3.51. The summed E-state index contributed by atoms with van der Waals surface area (Å²) in [5, 5.41) is 11.1. The van der Waals surface area contributed by atoms with Crippen molar-refractivity contribution in [3.05, 3.63) is 18.0 Å². The summed E-state index contributed by atoms with van der Waals surface area (Å²) in [6.45, 7) is 6.57. The van der Waals surface area contributed by atoms with Crippen LogP contribution < -0.4 is 10.6 Å². The molecule has 3 rings (SSSR count). The molecule has 0 radical (unpaired) electrons. The summed E-state index contributed by atoms with van der Waals surface area (Å²) in [5.41, 5.74) is 0.552. The van der Waals surface area contributed by atoms with Gasteiger partial charge in [0, 0.05) is 18.8 Å². The van der Waals surface area contributed by atoms with E-state index in [0.717, 1.165) is 31.8 Å². The molecule has 4 unspecified atom stereocenters. The first kappa shape index (κ1) is 15.5. The highest BCUT2D eigenvalue weighted by atomic mass is 16.2. The predicted octanol–water partition coefficient (Wildman–Crippen LogP) is 2.36. The molecule has 1 amide bonds. The number of amides is 1. The highest BCUT2D eigenvalue weighted by Crippen LogP contribution is 2.28. The van der Waals surface area contributed by atoms with Gasteiger partial charge in [0.15, 0.2) is 0 Å². The van der Waals surface area contributed by atoms with E-state index in [9.17, 15) is 4.79 Å². The fraction of sp³-hybridized carbons (Fsp3) is 0.765. The lowest BCUT2D eigenvalue weighted by molar-refractivity contribution is 0.0893. The van der Waals surface area contributed by atoms with E-state index in [1.807, 2.05) is 16.9 Å². The van der Waals surface area contributed by atoms with E-state index in [0.29, 0.717) is 23.7 Å². The third-order valence-corrected chi connectivity index (χ3v) is 5.23. The van der Waals surface area contributed by atoms with Crippen molar-refractivity contribution in [3.63, 3.8) is 0 Å². The van der Waals surface area contributed by atoms with E-state index in [4.69, 9.17) is 0 Å². The Hall–Kier alpha value is -1.36. The molecule has 5 heteroatoms. The maximum absolute atomic E-state index is 12.4. The number of rotatable bonds is 3. The molecule has 2 heterocycles. The lowest BCUT2D eigenvalue weighted by Crippen LogP contribution is -2.42. The van der Waals surface area contributed by atoms with Crippen LogP contribution in [0.15, 0.2) is 12.3 Å². The Labute approximate surface area is 132 Å². The van der Waals surface area contributed by atoms with Crippen LogP contribution in [0.5, 0.6) is 0 Å². The Morgan fingerprint density at radius 3 is 2.95 bits per heavy atom. The van der Waals surface area contributed by atoms with Crippen LogP contribution in [0.4, 0.5) is 0 Å². The Kier molecular flexibility index (Phi) is 4.81. The van der Waals surface area contributed by atoms with Gasteiger partial charge in [-0.05, 0) is 56.6 Å². The molecule has 1 saturated heterocycles. The average Bonchev–Trinajstić information content (AvgIpc) is 3.01. The van der Waals surface area contributed by atoms with Gasteiger partial charge in [0.1, 0.15) is 5.69 Å². The quantitative estimate of drug-likeness (QED) is 0.901. The van der Waals surface area contributed by atoms with Gasteiger partial charge < -0.3 is 10.6 Å². The number of hydrogen-bond acceptors (Lipinski definition) is 3. The first-order valence-corrected chi connectivity index (χ1v) is 8.70. The molecule has 2 fully saturated rings. The van der Waals surface area contributed by atoms with Gasteiger partial charge in [-0.2, -0.15) is 5.10 Å². The summed E-state index contributed by atoms with van der Waals surface area (Å²) in [4.78, 5) is 12.4. The topological polar surface area (TPSA) is 59.0 Å². The van der Waals surface area contributed by atoms with Gasteiger partial charge in [-0.15, -0.1) is 0 Å². The number of nitrogens with one attached hydrogen (secondary N) is 2. The molecule has 1 aromatic rings. The number of piperidine rings is 1. The summed E-state index contributed by atoms with van der Waals surface area (Å²) in [7, 11) is 0. The van der Waals surface area contributed by atoms with Crippen LogP contribution in [0.25, 0.3) is 0 Å². The zero-order chi connectivity index (χ0) is 15.5. The smallest absolute Gasteiger partial charge is 0.272 e. The van der Waals surface area contributed by atoms with Gasteiger partial charge in [0.05, 0.1) is 6.04 Å². The number of hydrogen-bond donors (Lipinski definition) is 2. The van der Waals surface area contributed by atoms with Gasteiger partial charge >= 0.3 is 0 Å². The minimum atomic E-state index is -0.0195. The van der Waals surface area contributed by atoms with E-state index in [1.54, 1.807) is 0 Å². The summed E-state index contributed by atoms with van der Waals surface area (Å²) >= 11 is 0. The second-order valence-corrected chi connectivity index (χ2v) is 7.16. The van der Waals surface area contributed by atoms with Gasteiger partial charge in [-0.3, -0.25) is 9.48 Å². The second kappa shape index (κ2) is 6.82. The van der Waals surface area contributed by atoms with Crippen molar-refractivity contribution < 1.29 is 4.79 Å². The fourth-order valence-electron chi connectivity index (χ4n) is 3.84. The van der Waals surface area contributed by atoms with Crippen LogP contribution in [0.3, 0.4) is 0 Å². The Balaban J connectivity index is 1.59. The molecule has 2 N–H and O–H groups in total. The predicted molar refractivity (Wildman–Crippen MR) is 86.8 cm³/mol. The molecule has 4 atom stereocenters. The van der Waals surface area contributed by atoms with Crippen LogP contribution in [0.1, 0.15) is 62.5 Å². The second-order valence-electron chi connectivity index (χ2n) is 7.16. The van der Waals surface area contributed by atoms with Gasteiger partial charge in [-0.25, -0.2) is 0 Å². The first-order valence-electron chi connectivity index (χ1n) is 8.70. The van der Waals surface area contributed by atoms with Crippen LogP contribution in [-0.2, 0) is 0 Å². The van der Waals surface area contributed by atoms with Crippen molar-refractivity contribution in [1.29, 1.82) is 0 Å². The molecule has 1 aliphatic carbocycles. The van der Waals surface area contributed by atoms with Crippen LogP contribution in [0, 0.1) is 11.8 Å². The van der Waals surface area contributed by atoms with Crippen molar-refractivity contribution in [2.45, 2.75) is 58.0 Å². The Morgan fingerprint density at radius 1 is 1.36 bits per heavy atom. The molecule has 122 valence electrons. The molecule has 22 heavy (non-hydrogen) atoms. The highest BCUT2D eigenvalue weighted by molar-refractivity contribution is 5.92. The van der Waals surface area contributed by atoms with Gasteiger partial charge in [0.2, 0.25) is 0 Å². The van der Waals surface area contributed by atoms with Crippen molar-refractivity contribution in [3.8, 4) is 0 Å². The van der Waals surface area contributed by atoms with E-state index in [-0.39, 0.29) is 5.91 Å². The van der Waals surface area contributed by atoms with Crippen molar-refractivity contribution in [2.75, 3.05) is 13.1 Å². The summed E-state index contributed by atoms with van der Waals surface area (Å²) in [6, 6.07) is 2.52. The number of aromatic nitrogens is 2. The maximum atomic E-state index is 12.4. The third-order valence-electron chi connectivity index (χ3n) is 5.23. The molecule has 2 aliphatic rings. The van der Waals surface area contributed by atoms with Crippen LogP contribution >= 0.6 is 0 Å². The lowest BCUT2D eigenvalue weighted by atomic mass is 9.80. The molecule has 1 aliphatic heterocycles. The fourth-order valence-corrected chi connectivity index (χ4v) is 3.84. The van der Waals surface area contributed by atoms with Gasteiger partial charge in [-0.1, -0.05) is 13.8 Å². The molecule has 0 bridgehead atoms. The molecule has 0 aromatic carbocycles. The average molecular weight is 304 g/mol. The normalized spacial score (nSPS) is 32.6. The zero-order valence-electron chi connectivity index (χ0n) is 13.7. The number of nitrogens with zero attached hydrogens (tertiary/aromatic N) is 2. The van der Waals surface area contributed by atoms with Crippen molar-refractivity contribution >= 4 is 5.91 Å². The molecule has 1 saturated carbocycles. The van der Waals surface area contributed by atoms with E-state index < -0.39 is 0 Å². The molecular formula is C17H28N4O. The largest absolute Gasteiger partial charge is 0.348 e. The van der Waals surface area contributed by atoms with Crippen molar-refractivity contribution in [1.82, 2.24) is 20.4 Å². The maximum Gasteiger partial charge on any atom is 0.272 e. The molecule has 1 aromatic heterocycles. The van der Waals surface area contributed by atoms with Gasteiger partial charge in [0.25, 0.3) is 5.91 Å². The Bertz CT molecular complexity index is 507. The van der Waals surface area contributed by atoms with Crippen LogP contribution in [0.2, 0.25) is 0 Å². The SMILES string of the molecule is CC1CCC(NC(=O)c2ccn(C3CCCNC3)n2)C(C)C1. The summed E-state index contributed by atoms with van der Waals surface area (Å²) in [5.74, 6) is 1.31. The lowest BCUT2D eigenvalue weighted by Gasteiger charge is -2.32. The summed E-state index contributed by atoms with van der Waals surface area (Å²) in [6.07, 6.45) is 7.74. The number of carbonyl (C=O) groups excluding carboxylic acids is 1.